The second kappa shape index (κ2) is 8.05. The summed E-state index contributed by atoms with van der Waals surface area (Å²) < 4.78 is 4.74. The van der Waals surface area contributed by atoms with Gasteiger partial charge in [-0.3, -0.25) is 0 Å². The van der Waals surface area contributed by atoms with Crippen molar-refractivity contribution in [1.29, 1.82) is 0 Å². The minimum Gasteiger partial charge on any atom is -0.465 e. The van der Waals surface area contributed by atoms with Crippen LogP contribution in [0.2, 0.25) is 5.02 Å². The molecule has 27 heavy (non-hydrogen) atoms. The number of anilines is 4. The number of methoxy groups -OCH3 is 1. The van der Waals surface area contributed by atoms with Crippen LogP contribution in [0.1, 0.15) is 21.5 Å². The molecule has 6 nitrogen and oxygen atoms in total. The lowest BCUT2D eigenvalue weighted by Gasteiger charge is -2.12. The van der Waals surface area contributed by atoms with Crippen LogP contribution >= 0.6 is 11.6 Å². The zero-order valence-electron chi connectivity index (χ0n) is 15.2. The van der Waals surface area contributed by atoms with Gasteiger partial charge in [0.25, 0.3) is 0 Å². The lowest BCUT2D eigenvalue weighted by Crippen LogP contribution is -2.04. The van der Waals surface area contributed by atoms with E-state index in [1.807, 2.05) is 19.1 Å². The van der Waals surface area contributed by atoms with E-state index in [0.717, 1.165) is 11.3 Å². The minimum absolute atomic E-state index is 0.396. The molecule has 0 aliphatic heterocycles. The van der Waals surface area contributed by atoms with Crippen LogP contribution in [0.15, 0.2) is 48.7 Å². The zero-order valence-corrected chi connectivity index (χ0v) is 16.0. The Morgan fingerprint density at radius 3 is 2.67 bits per heavy atom. The first-order chi connectivity index (χ1) is 13.0. The highest BCUT2D eigenvalue weighted by molar-refractivity contribution is 6.33. The molecular weight excluding hydrogens is 364 g/mol. The van der Waals surface area contributed by atoms with Gasteiger partial charge in [0.15, 0.2) is 0 Å². The molecule has 0 saturated carbocycles. The van der Waals surface area contributed by atoms with Crippen LogP contribution in [0.5, 0.6) is 0 Å². The van der Waals surface area contributed by atoms with Crippen molar-refractivity contribution in [3.05, 3.63) is 70.4 Å². The number of esters is 1. The fourth-order valence-corrected chi connectivity index (χ4v) is 2.66. The number of aromatic nitrogens is 2. The van der Waals surface area contributed by atoms with E-state index in [-0.39, 0.29) is 0 Å². The van der Waals surface area contributed by atoms with Crippen LogP contribution in [0.3, 0.4) is 0 Å². The number of ether oxygens (including phenoxy) is 1. The second-order valence-electron chi connectivity index (χ2n) is 5.95. The van der Waals surface area contributed by atoms with E-state index in [2.05, 4.69) is 33.6 Å². The molecule has 0 atom stereocenters. The predicted octanol–water partition coefficient (Wildman–Crippen LogP) is 5.02. The van der Waals surface area contributed by atoms with Gasteiger partial charge in [0.1, 0.15) is 5.82 Å². The molecule has 0 bridgehead atoms. The van der Waals surface area contributed by atoms with Crippen molar-refractivity contribution in [2.24, 2.45) is 0 Å². The Kier molecular flexibility index (Phi) is 5.57. The van der Waals surface area contributed by atoms with E-state index in [1.54, 1.807) is 30.5 Å². The van der Waals surface area contributed by atoms with Gasteiger partial charge >= 0.3 is 5.97 Å². The van der Waals surface area contributed by atoms with E-state index in [1.165, 1.54) is 12.7 Å². The van der Waals surface area contributed by atoms with Gasteiger partial charge < -0.3 is 15.4 Å². The number of nitrogens with zero attached hydrogens (tertiary/aromatic N) is 2. The Labute approximate surface area is 162 Å². The smallest absolute Gasteiger partial charge is 0.337 e. The number of hydrogen-bond acceptors (Lipinski definition) is 6. The zero-order chi connectivity index (χ0) is 19.4. The van der Waals surface area contributed by atoms with E-state index in [4.69, 9.17) is 16.3 Å². The highest BCUT2D eigenvalue weighted by Gasteiger charge is 2.10. The van der Waals surface area contributed by atoms with Crippen molar-refractivity contribution in [2.45, 2.75) is 13.8 Å². The van der Waals surface area contributed by atoms with Gasteiger partial charge in [0, 0.05) is 11.9 Å². The third-order valence-corrected chi connectivity index (χ3v) is 4.49. The highest BCUT2D eigenvalue weighted by atomic mass is 35.5. The minimum atomic E-state index is -0.435. The average molecular weight is 383 g/mol. The Balaban J connectivity index is 1.84. The van der Waals surface area contributed by atoms with Crippen molar-refractivity contribution in [3.63, 3.8) is 0 Å². The molecule has 0 saturated heterocycles. The summed E-state index contributed by atoms with van der Waals surface area (Å²) in [6, 6.07) is 12.6. The quantitative estimate of drug-likeness (QED) is 0.603. The molecule has 1 aromatic heterocycles. The van der Waals surface area contributed by atoms with Gasteiger partial charge in [-0.05, 0) is 55.3 Å². The first kappa shape index (κ1) is 18.7. The summed E-state index contributed by atoms with van der Waals surface area (Å²) in [5.41, 5.74) is 4.20. The SMILES string of the molecule is COC(=O)c1ccc(Cl)c(Nc2ccnc(Nc3cccc(C)c3C)n2)c1. The first-order valence-electron chi connectivity index (χ1n) is 8.29. The number of carbonyl (C=O) groups is 1. The number of rotatable bonds is 5. The standard InChI is InChI=1S/C20H19ClN4O2/c1-12-5-4-6-16(13(12)2)24-20-22-10-9-18(25-20)23-17-11-14(19(26)27-3)7-8-15(17)21/h4-11H,1-3H3,(H2,22,23,24,25). The summed E-state index contributed by atoms with van der Waals surface area (Å²) in [6.45, 7) is 4.09. The maximum Gasteiger partial charge on any atom is 0.337 e. The summed E-state index contributed by atoms with van der Waals surface area (Å²) in [6.07, 6.45) is 1.64. The third kappa shape index (κ3) is 4.35. The van der Waals surface area contributed by atoms with Crippen molar-refractivity contribution >= 4 is 40.7 Å². The van der Waals surface area contributed by atoms with Crippen molar-refractivity contribution < 1.29 is 9.53 Å². The predicted molar refractivity (Wildman–Crippen MR) is 107 cm³/mol. The Bertz CT molecular complexity index is 991. The molecule has 2 N–H and O–H groups in total. The number of benzene rings is 2. The van der Waals surface area contributed by atoms with Gasteiger partial charge in [0.05, 0.1) is 23.4 Å². The molecule has 2 aromatic carbocycles. The lowest BCUT2D eigenvalue weighted by atomic mass is 10.1. The Morgan fingerprint density at radius 1 is 1.07 bits per heavy atom. The average Bonchev–Trinajstić information content (AvgIpc) is 2.67. The van der Waals surface area contributed by atoms with Crippen molar-refractivity contribution in [1.82, 2.24) is 9.97 Å². The molecular formula is C20H19ClN4O2. The largest absolute Gasteiger partial charge is 0.465 e. The van der Waals surface area contributed by atoms with Crippen LogP contribution in [-0.4, -0.2) is 23.0 Å². The van der Waals surface area contributed by atoms with Gasteiger partial charge in [0.2, 0.25) is 5.95 Å². The molecule has 3 aromatic rings. The molecule has 0 radical (unpaired) electrons. The molecule has 1 heterocycles. The summed E-state index contributed by atoms with van der Waals surface area (Å²) in [5.74, 6) is 0.561. The van der Waals surface area contributed by atoms with Crippen LogP contribution in [0.25, 0.3) is 0 Å². The maximum absolute atomic E-state index is 11.7. The van der Waals surface area contributed by atoms with Gasteiger partial charge in [-0.2, -0.15) is 4.98 Å². The van der Waals surface area contributed by atoms with E-state index in [9.17, 15) is 4.79 Å². The van der Waals surface area contributed by atoms with Crippen LogP contribution in [-0.2, 0) is 4.74 Å². The van der Waals surface area contributed by atoms with Crippen LogP contribution in [0.4, 0.5) is 23.1 Å². The number of halogens is 1. The van der Waals surface area contributed by atoms with Crippen molar-refractivity contribution in [2.75, 3.05) is 17.7 Å². The summed E-state index contributed by atoms with van der Waals surface area (Å²) in [7, 11) is 1.33. The molecule has 138 valence electrons. The van der Waals surface area contributed by atoms with E-state index in [0.29, 0.717) is 28.0 Å². The second-order valence-corrected chi connectivity index (χ2v) is 6.36. The van der Waals surface area contributed by atoms with Crippen molar-refractivity contribution in [3.8, 4) is 0 Å². The summed E-state index contributed by atoms with van der Waals surface area (Å²) >= 11 is 6.23. The van der Waals surface area contributed by atoms with E-state index < -0.39 is 5.97 Å². The Hall–Kier alpha value is -3.12. The van der Waals surface area contributed by atoms with Gasteiger partial charge in [-0.15, -0.1) is 0 Å². The molecule has 0 unspecified atom stereocenters. The number of hydrogen-bond donors (Lipinski definition) is 2. The molecule has 3 rings (SSSR count). The number of aryl methyl sites for hydroxylation is 1. The third-order valence-electron chi connectivity index (χ3n) is 4.16. The fourth-order valence-electron chi connectivity index (χ4n) is 2.50. The topological polar surface area (TPSA) is 76.1 Å². The lowest BCUT2D eigenvalue weighted by molar-refractivity contribution is 0.0601. The summed E-state index contributed by atoms with van der Waals surface area (Å²) in [5, 5.41) is 6.80. The number of carbonyl (C=O) groups excluding carboxylic acids is 1. The van der Waals surface area contributed by atoms with Crippen LogP contribution in [0, 0.1) is 13.8 Å². The highest BCUT2D eigenvalue weighted by Crippen LogP contribution is 2.27. The Morgan fingerprint density at radius 2 is 1.89 bits per heavy atom. The monoisotopic (exact) mass is 382 g/mol. The molecule has 7 heteroatoms. The molecule has 0 fully saturated rings. The molecule has 0 aliphatic rings. The number of nitrogens with one attached hydrogen (secondary N) is 2. The first-order valence-corrected chi connectivity index (χ1v) is 8.67. The van der Waals surface area contributed by atoms with Gasteiger partial charge in [-0.25, -0.2) is 9.78 Å². The summed E-state index contributed by atoms with van der Waals surface area (Å²) in [4.78, 5) is 20.4. The molecule has 0 amide bonds. The molecule has 0 spiro atoms. The van der Waals surface area contributed by atoms with E-state index >= 15 is 0 Å². The van der Waals surface area contributed by atoms with Crippen LogP contribution < -0.4 is 10.6 Å². The normalized spacial score (nSPS) is 10.4. The fraction of sp³-hybridized carbons (Fsp3) is 0.150. The molecule has 0 aliphatic carbocycles. The van der Waals surface area contributed by atoms with Gasteiger partial charge in [-0.1, -0.05) is 23.7 Å². The maximum atomic E-state index is 11.7.